The van der Waals surface area contributed by atoms with Crippen LogP contribution >= 0.6 is 0 Å². The second-order valence-corrected chi connectivity index (χ2v) is 3.74. The molecule has 0 aliphatic carbocycles. The minimum Gasteiger partial charge on any atom is -0.345 e. The predicted octanol–water partition coefficient (Wildman–Crippen LogP) is 0.0729. The molecule has 0 aliphatic rings. The number of amides is 1. The molecule has 1 amide bonds. The lowest BCUT2D eigenvalue weighted by molar-refractivity contribution is 0.0951. The van der Waals surface area contributed by atoms with Crippen LogP contribution in [0.4, 0.5) is 0 Å². The van der Waals surface area contributed by atoms with Gasteiger partial charge in [-0.1, -0.05) is 11.3 Å². The van der Waals surface area contributed by atoms with E-state index in [0.29, 0.717) is 22.4 Å². The number of carbonyl (C=O) groups is 1. The van der Waals surface area contributed by atoms with Crippen molar-refractivity contribution in [2.24, 2.45) is 0 Å². The normalized spacial score (nSPS) is 10.5. The van der Waals surface area contributed by atoms with E-state index in [1.165, 1.54) is 0 Å². The summed E-state index contributed by atoms with van der Waals surface area (Å²) in [6.07, 6.45) is 3.14. The van der Waals surface area contributed by atoms with Gasteiger partial charge in [-0.05, 0) is 12.1 Å². The monoisotopic (exact) mass is 255 g/mol. The molecule has 3 aromatic rings. The molecule has 0 radical (unpaired) electrons. The zero-order valence-electron chi connectivity index (χ0n) is 9.74. The number of nitrogens with zero attached hydrogens (tertiary/aromatic N) is 5. The van der Waals surface area contributed by atoms with Crippen molar-refractivity contribution in [2.75, 3.05) is 0 Å². The Morgan fingerprint density at radius 2 is 2.16 bits per heavy atom. The van der Waals surface area contributed by atoms with Gasteiger partial charge in [0, 0.05) is 12.4 Å². The molecule has 19 heavy (non-hydrogen) atoms. The average molecular weight is 255 g/mol. The number of rotatable bonds is 3. The second-order valence-electron chi connectivity index (χ2n) is 3.74. The van der Waals surface area contributed by atoms with Gasteiger partial charge in [0.15, 0.2) is 5.82 Å². The summed E-state index contributed by atoms with van der Waals surface area (Å²) in [5.74, 6) is 0.163. The molecule has 94 valence electrons. The molecule has 3 rings (SSSR count). The van der Waals surface area contributed by atoms with Crippen LogP contribution in [-0.2, 0) is 6.54 Å². The van der Waals surface area contributed by atoms with E-state index in [9.17, 15) is 4.79 Å². The van der Waals surface area contributed by atoms with Crippen molar-refractivity contribution in [1.29, 1.82) is 0 Å². The number of fused-ring (bicyclic) bond motifs is 1. The fourth-order valence-electron chi connectivity index (χ4n) is 1.69. The molecule has 0 unspecified atom stereocenters. The van der Waals surface area contributed by atoms with E-state index < -0.39 is 0 Å². The predicted molar refractivity (Wildman–Crippen MR) is 64.9 cm³/mol. The molecule has 0 atom stereocenters. The highest BCUT2D eigenvalue weighted by atomic mass is 16.1. The molecule has 2 aromatic heterocycles. The number of carbonyl (C=O) groups excluding carboxylic acids is 1. The summed E-state index contributed by atoms with van der Waals surface area (Å²) in [6, 6.07) is 5.27. The van der Waals surface area contributed by atoms with Crippen LogP contribution < -0.4 is 5.32 Å². The standard InChI is InChI=1S/C11H9N7O/c19-11(14-6-9-15-17-18-16-9)7-2-1-3-8-10(7)13-5-4-12-8/h1-5H,6H2,(H,14,19)(H,15,16,17,18). The van der Waals surface area contributed by atoms with Gasteiger partial charge in [0.05, 0.1) is 17.6 Å². The van der Waals surface area contributed by atoms with Gasteiger partial charge in [0.1, 0.15) is 5.52 Å². The minimum absolute atomic E-state index is 0.200. The van der Waals surface area contributed by atoms with E-state index in [1.54, 1.807) is 30.6 Å². The topological polar surface area (TPSA) is 109 Å². The smallest absolute Gasteiger partial charge is 0.253 e. The van der Waals surface area contributed by atoms with Crippen LogP contribution in [0.2, 0.25) is 0 Å². The average Bonchev–Trinajstić information content (AvgIpc) is 2.97. The SMILES string of the molecule is O=C(NCc1nn[nH]n1)c1cccc2nccnc12. The van der Waals surface area contributed by atoms with Gasteiger partial charge in [-0.3, -0.25) is 14.8 Å². The molecular weight excluding hydrogens is 246 g/mol. The van der Waals surface area contributed by atoms with E-state index in [0.717, 1.165) is 0 Å². The van der Waals surface area contributed by atoms with Gasteiger partial charge in [0.2, 0.25) is 0 Å². The molecule has 2 N–H and O–H groups in total. The van der Waals surface area contributed by atoms with Crippen molar-refractivity contribution in [3.05, 3.63) is 42.0 Å². The third-order valence-electron chi connectivity index (χ3n) is 2.54. The summed E-state index contributed by atoms with van der Waals surface area (Å²) in [7, 11) is 0. The molecule has 0 saturated carbocycles. The van der Waals surface area contributed by atoms with E-state index in [-0.39, 0.29) is 12.5 Å². The van der Waals surface area contributed by atoms with Crippen LogP contribution in [0.1, 0.15) is 16.2 Å². The highest BCUT2D eigenvalue weighted by molar-refractivity contribution is 6.04. The van der Waals surface area contributed by atoms with E-state index in [2.05, 4.69) is 35.9 Å². The van der Waals surface area contributed by atoms with Gasteiger partial charge < -0.3 is 5.32 Å². The Kier molecular flexibility index (Phi) is 2.81. The number of aromatic nitrogens is 6. The zero-order valence-corrected chi connectivity index (χ0v) is 9.74. The second kappa shape index (κ2) is 4.77. The number of hydrogen-bond acceptors (Lipinski definition) is 6. The Morgan fingerprint density at radius 1 is 1.26 bits per heavy atom. The van der Waals surface area contributed by atoms with E-state index in [4.69, 9.17) is 0 Å². The molecule has 0 bridgehead atoms. The molecule has 0 aliphatic heterocycles. The van der Waals surface area contributed by atoms with Gasteiger partial charge >= 0.3 is 0 Å². The maximum absolute atomic E-state index is 12.1. The maximum Gasteiger partial charge on any atom is 0.253 e. The van der Waals surface area contributed by atoms with Crippen molar-refractivity contribution < 1.29 is 4.79 Å². The summed E-state index contributed by atoms with van der Waals surface area (Å²) in [5, 5.41) is 15.9. The van der Waals surface area contributed by atoms with Crippen LogP contribution in [0.3, 0.4) is 0 Å². The van der Waals surface area contributed by atoms with Gasteiger partial charge in [0.25, 0.3) is 5.91 Å². The Hall–Kier alpha value is -2.90. The van der Waals surface area contributed by atoms with Crippen molar-refractivity contribution in [1.82, 2.24) is 35.9 Å². The number of H-pyrrole nitrogens is 1. The Morgan fingerprint density at radius 3 is 3.00 bits per heavy atom. The first-order chi connectivity index (χ1) is 9.34. The summed E-state index contributed by atoms with van der Waals surface area (Å²) in [5.41, 5.74) is 1.71. The molecule has 8 nitrogen and oxygen atoms in total. The first kappa shape index (κ1) is 11.2. The number of hydrogen-bond donors (Lipinski definition) is 2. The number of aromatic amines is 1. The third kappa shape index (κ3) is 2.23. The molecular formula is C11H9N7O. The lowest BCUT2D eigenvalue weighted by Crippen LogP contribution is -2.23. The third-order valence-corrected chi connectivity index (χ3v) is 2.54. The summed E-state index contributed by atoms with van der Waals surface area (Å²) in [6.45, 7) is 0.200. The van der Waals surface area contributed by atoms with Gasteiger partial charge in [-0.2, -0.15) is 5.21 Å². The van der Waals surface area contributed by atoms with Crippen LogP contribution in [-0.4, -0.2) is 36.5 Å². The van der Waals surface area contributed by atoms with Gasteiger partial charge in [-0.15, -0.1) is 10.2 Å². The molecule has 0 saturated heterocycles. The van der Waals surface area contributed by atoms with Crippen molar-refractivity contribution >= 4 is 16.9 Å². The van der Waals surface area contributed by atoms with Crippen molar-refractivity contribution in [3.63, 3.8) is 0 Å². The van der Waals surface area contributed by atoms with Gasteiger partial charge in [-0.25, -0.2) is 0 Å². The largest absolute Gasteiger partial charge is 0.345 e. The van der Waals surface area contributed by atoms with Crippen molar-refractivity contribution in [3.8, 4) is 0 Å². The first-order valence-electron chi connectivity index (χ1n) is 5.55. The molecule has 8 heteroatoms. The molecule has 2 heterocycles. The fourth-order valence-corrected chi connectivity index (χ4v) is 1.69. The summed E-state index contributed by atoms with van der Waals surface area (Å²) >= 11 is 0. The Bertz CT molecular complexity index is 705. The van der Waals surface area contributed by atoms with E-state index in [1.807, 2.05) is 0 Å². The lowest BCUT2D eigenvalue weighted by Gasteiger charge is -2.05. The minimum atomic E-state index is -0.254. The number of para-hydroxylation sites is 1. The summed E-state index contributed by atoms with van der Waals surface area (Å²) < 4.78 is 0. The van der Waals surface area contributed by atoms with Crippen LogP contribution in [0.5, 0.6) is 0 Å². The van der Waals surface area contributed by atoms with Crippen molar-refractivity contribution in [2.45, 2.75) is 6.54 Å². The first-order valence-corrected chi connectivity index (χ1v) is 5.55. The Balaban J connectivity index is 1.85. The lowest BCUT2D eigenvalue weighted by atomic mass is 10.1. The molecule has 0 fully saturated rings. The zero-order chi connectivity index (χ0) is 13.1. The number of nitrogens with one attached hydrogen (secondary N) is 2. The Labute approximate surface area is 107 Å². The molecule has 1 aromatic carbocycles. The van der Waals surface area contributed by atoms with Crippen LogP contribution in [0.25, 0.3) is 11.0 Å². The highest BCUT2D eigenvalue weighted by Gasteiger charge is 2.11. The fraction of sp³-hybridized carbons (Fsp3) is 0.0909. The quantitative estimate of drug-likeness (QED) is 0.685. The maximum atomic E-state index is 12.1. The molecule has 0 spiro atoms. The van der Waals surface area contributed by atoms with E-state index >= 15 is 0 Å². The number of tetrazole rings is 1. The highest BCUT2D eigenvalue weighted by Crippen LogP contribution is 2.13. The summed E-state index contributed by atoms with van der Waals surface area (Å²) in [4.78, 5) is 20.4. The van der Waals surface area contributed by atoms with Crippen LogP contribution in [0, 0.1) is 0 Å². The van der Waals surface area contributed by atoms with Crippen LogP contribution in [0.15, 0.2) is 30.6 Å². The number of benzene rings is 1.